The van der Waals surface area contributed by atoms with Gasteiger partial charge in [0.25, 0.3) is 5.56 Å². The summed E-state index contributed by atoms with van der Waals surface area (Å²) in [5.74, 6) is -0.359. The predicted octanol–water partition coefficient (Wildman–Crippen LogP) is 1.68. The third kappa shape index (κ3) is 1.79. The molecule has 0 bridgehead atoms. The van der Waals surface area contributed by atoms with Crippen molar-refractivity contribution < 1.29 is 4.39 Å². The van der Waals surface area contributed by atoms with Gasteiger partial charge in [-0.15, -0.1) is 0 Å². The maximum absolute atomic E-state index is 12.8. The first kappa shape index (κ1) is 8.70. The van der Waals surface area contributed by atoms with Gasteiger partial charge in [-0.2, -0.15) is 0 Å². The minimum Gasteiger partial charge on any atom is -0.315 e. The van der Waals surface area contributed by atoms with E-state index in [1.54, 1.807) is 22.6 Å². The lowest BCUT2D eigenvalue weighted by Gasteiger charge is -1.96. The highest BCUT2D eigenvalue weighted by atomic mass is 127. The highest BCUT2D eigenvalue weighted by Crippen LogP contribution is 2.05. The molecule has 0 amide bonds. The molecule has 2 nitrogen and oxygen atoms in total. The molecule has 1 rings (SSSR count). The minimum atomic E-state index is -0.359. The number of pyridine rings is 1. The van der Waals surface area contributed by atoms with Gasteiger partial charge in [-0.3, -0.25) is 4.79 Å². The molecule has 0 aliphatic heterocycles. The van der Waals surface area contributed by atoms with Crippen LogP contribution < -0.4 is 5.56 Å². The zero-order chi connectivity index (χ0) is 8.43. The Balaban J connectivity index is 3.32. The van der Waals surface area contributed by atoms with Crippen molar-refractivity contribution in [1.29, 1.82) is 0 Å². The average molecular weight is 267 g/mol. The molecule has 1 aromatic rings. The molecule has 1 aromatic heterocycles. The average Bonchev–Trinajstić information content (AvgIpc) is 1.97. The van der Waals surface area contributed by atoms with Crippen molar-refractivity contribution in [3.8, 4) is 0 Å². The largest absolute Gasteiger partial charge is 0.315 e. The number of rotatable bonds is 1. The number of hydrogen-bond acceptors (Lipinski definition) is 1. The van der Waals surface area contributed by atoms with Crippen LogP contribution in [0.3, 0.4) is 0 Å². The van der Waals surface area contributed by atoms with E-state index in [1.807, 2.05) is 6.92 Å². The fourth-order valence-electron chi connectivity index (χ4n) is 0.784. The van der Waals surface area contributed by atoms with Crippen LogP contribution in [0.15, 0.2) is 10.9 Å². The monoisotopic (exact) mass is 267 g/mol. The lowest BCUT2D eigenvalue weighted by atomic mass is 10.2. The summed E-state index contributed by atoms with van der Waals surface area (Å²) >= 11 is 1.75. The van der Waals surface area contributed by atoms with E-state index in [0.29, 0.717) is 12.0 Å². The highest BCUT2D eigenvalue weighted by molar-refractivity contribution is 14.1. The van der Waals surface area contributed by atoms with Crippen molar-refractivity contribution in [2.45, 2.75) is 13.3 Å². The van der Waals surface area contributed by atoms with Crippen LogP contribution in [-0.4, -0.2) is 4.98 Å². The van der Waals surface area contributed by atoms with Crippen LogP contribution in [0.1, 0.15) is 12.5 Å². The quantitative estimate of drug-likeness (QED) is 0.609. The Morgan fingerprint density at radius 3 is 2.91 bits per heavy atom. The van der Waals surface area contributed by atoms with Crippen LogP contribution in [0, 0.1) is 9.52 Å². The van der Waals surface area contributed by atoms with Gasteiger partial charge in [0.1, 0.15) is 3.70 Å². The molecule has 0 saturated heterocycles. The molecule has 0 fully saturated rings. The van der Waals surface area contributed by atoms with Gasteiger partial charge in [0.05, 0.1) is 0 Å². The molecule has 0 aliphatic carbocycles. The summed E-state index contributed by atoms with van der Waals surface area (Å²) in [6.07, 6.45) is 0.559. The van der Waals surface area contributed by atoms with E-state index in [9.17, 15) is 9.18 Å². The van der Waals surface area contributed by atoms with Crippen LogP contribution in [-0.2, 0) is 6.42 Å². The van der Waals surface area contributed by atoms with Crippen molar-refractivity contribution in [1.82, 2.24) is 4.98 Å². The number of hydrogen-bond donors (Lipinski definition) is 1. The lowest BCUT2D eigenvalue weighted by molar-refractivity contribution is 0.607. The number of H-pyrrole nitrogens is 1. The van der Waals surface area contributed by atoms with Gasteiger partial charge in [0.2, 0.25) is 0 Å². The molecule has 0 atom stereocenters. The molecular weight excluding hydrogens is 260 g/mol. The maximum Gasteiger partial charge on any atom is 0.252 e. The van der Waals surface area contributed by atoms with E-state index in [1.165, 1.54) is 6.07 Å². The first-order valence-electron chi connectivity index (χ1n) is 3.22. The molecule has 60 valence electrons. The van der Waals surface area contributed by atoms with E-state index in [4.69, 9.17) is 0 Å². The number of aryl methyl sites for hydroxylation is 1. The fourth-order valence-corrected chi connectivity index (χ4v) is 1.18. The Bertz CT molecular complexity index is 321. The Kier molecular flexibility index (Phi) is 2.64. The van der Waals surface area contributed by atoms with Crippen molar-refractivity contribution in [2.75, 3.05) is 0 Å². The molecule has 1 N–H and O–H groups in total. The van der Waals surface area contributed by atoms with E-state index in [0.717, 1.165) is 0 Å². The number of halogens is 2. The normalized spacial score (nSPS) is 10.1. The van der Waals surface area contributed by atoms with Crippen molar-refractivity contribution in [3.05, 3.63) is 31.5 Å². The molecule has 0 aliphatic rings. The zero-order valence-corrected chi connectivity index (χ0v) is 8.11. The maximum atomic E-state index is 12.8. The second-order valence-corrected chi connectivity index (χ2v) is 3.22. The third-order valence-corrected chi connectivity index (χ3v) is 2.19. The molecule has 4 heteroatoms. The van der Waals surface area contributed by atoms with Gasteiger partial charge < -0.3 is 4.98 Å². The molecule has 1 heterocycles. The molecular formula is C7H7FINO. The number of nitrogens with one attached hydrogen (secondary N) is 1. The summed E-state index contributed by atoms with van der Waals surface area (Å²) in [4.78, 5) is 13.4. The zero-order valence-electron chi connectivity index (χ0n) is 5.95. The SMILES string of the molecule is CCc1cc(F)c(I)[nH]c1=O. The minimum absolute atomic E-state index is 0.196. The molecule has 0 aromatic carbocycles. The summed E-state index contributed by atoms with van der Waals surface area (Å²) in [7, 11) is 0. The van der Waals surface area contributed by atoms with Gasteiger partial charge >= 0.3 is 0 Å². The van der Waals surface area contributed by atoms with Gasteiger partial charge in [-0.05, 0) is 35.1 Å². The smallest absolute Gasteiger partial charge is 0.252 e. The summed E-state index contributed by atoms with van der Waals surface area (Å²) in [5, 5.41) is 0. The van der Waals surface area contributed by atoms with Crippen LogP contribution >= 0.6 is 22.6 Å². The molecule has 11 heavy (non-hydrogen) atoms. The van der Waals surface area contributed by atoms with E-state index in [2.05, 4.69) is 4.98 Å². The summed E-state index contributed by atoms with van der Waals surface area (Å²) in [5.41, 5.74) is 0.293. The van der Waals surface area contributed by atoms with Crippen molar-refractivity contribution >= 4 is 22.6 Å². The van der Waals surface area contributed by atoms with Crippen molar-refractivity contribution in [3.63, 3.8) is 0 Å². The Hall–Kier alpha value is -0.390. The Morgan fingerprint density at radius 2 is 2.36 bits per heavy atom. The first-order valence-corrected chi connectivity index (χ1v) is 4.30. The van der Waals surface area contributed by atoms with Gasteiger partial charge in [0, 0.05) is 5.56 Å². The Morgan fingerprint density at radius 1 is 1.73 bits per heavy atom. The van der Waals surface area contributed by atoms with Crippen LogP contribution in [0.25, 0.3) is 0 Å². The molecule has 0 saturated carbocycles. The topological polar surface area (TPSA) is 32.9 Å². The highest BCUT2D eigenvalue weighted by Gasteiger charge is 2.03. The predicted molar refractivity (Wildman–Crippen MR) is 49.1 cm³/mol. The fraction of sp³-hybridized carbons (Fsp3) is 0.286. The van der Waals surface area contributed by atoms with Crippen LogP contribution in [0.5, 0.6) is 0 Å². The number of aromatic nitrogens is 1. The van der Waals surface area contributed by atoms with Crippen molar-refractivity contribution in [2.24, 2.45) is 0 Å². The first-order chi connectivity index (χ1) is 5.15. The summed E-state index contributed by atoms with van der Waals surface area (Å²) in [6.45, 7) is 1.82. The van der Waals surface area contributed by atoms with E-state index < -0.39 is 0 Å². The van der Waals surface area contributed by atoms with Gasteiger partial charge in [0.15, 0.2) is 5.82 Å². The summed E-state index contributed by atoms with van der Waals surface area (Å²) in [6, 6.07) is 1.28. The van der Waals surface area contributed by atoms with Crippen LogP contribution in [0.2, 0.25) is 0 Å². The second kappa shape index (κ2) is 3.34. The van der Waals surface area contributed by atoms with E-state index >= 15 is 0 Å². The second-order valence-electron chi connectivity index (χ2n) is 2.14. The third-order valence-electron chi connectivity index (χ3n) is 1.41. The van der Waals surface area contributed by atoms with E-state index in [-0.39, 0.29) is 15.1 Å². The van der Waals surface area contributed by atoms with Crippen LogP contribution in [0.4, 0.5) is 4.39 Å². The molecule has 0 unspecified atom stereocenters. The number of aromatic amines is 1. The molecule has 0 spiro atoms. The summed E-state index contributed by atoms with van der Waals surface area (Å²) < 4.78 is 13.0. The lowest BCUT2D eigenvalue weighted by Crippen LogP contribution is -2.14. The Labute approximate surface area is 77.0 Å². The standard InChI is InChI=1S/C7H7FINO/c1-2-4-3-5(8)6(9)10-7(4)11/h3H,2H2,1H3,(H,10,11). The van der Waals surface area contributed by atoms with Gasteiger partial charge in [-0.25, -0.2) is 4.39 Å². The molecule has 0 radical (unpaired) electrons. The van der Waals surface area contributed by atoms with Gasteiger partial charge in [-0.1, -0.05) is 6.92 Å².